The second-order valence-corrected chi connectivity index (χ2v) is 5.09. The van der Waals surface area contributed by atoms with Crippen LogP contribution in [0.25, 0.3) is 0 Å². The van der Waals surface area contributed by atoms with E-state index in [2.05, 4.69) is 13.8 Å². The smallest absolute Gasteiger partial charge is 0.0712 e. The van der Waals surface area contributed by atoms with Gasteiger partial charge in [0.1, 0.15) is 0 Å². The zero-order chi connectivity index (χ0) is 9.47. The minimum Gasteiger partial charge on any atom is -0.393 e. The Morgan fingerprint density at radius 2 is 2.00 bits per heavy atom. The molecule has 2 nitrogen and oxygen atoms in total. The van der Waals surface area contributed by atoms with Gasteiger partial charge in [0.05, 0.1) is 11.7 Å². The molecule has 2 aliphatic rings. The van der Waals surface area contributed by atoms with Crippen molar-refractivity contribution in [1.82, 2.24) is 0 Å². The van der Waals surface area contributed by atoms with Crippen LogP contribution in [-0.2, 0) is 4.74 Å². The highest BCUT2D eigenvalue weighted by Crippen LogP contribution is 2.49. The van der Waals surface area contributed by atoms with Crippen molar-refractivity contribution in [3.63, 3.8) is 0 Å². The van der Waals surface area contributed by atoms with Gasteiger partial charge in [-0.15, -0.1) is 0 Å². The summed E-state index contributed by atoms with van der Waals surface area (Å²) in [5, 5.41) is 9.55. The normalized spacial score (nSPS) is 45.2. The van der Waals surface area contributed by atoms with Crippen LogP contribution in [0.4, 0.5) is 0 Å². The van der Waals surface area contributed by atoms with Crippen LogP contribution in [0.5, 0.6) is 0 Å². The van der Waals surface area contributed by atoms with E-state index in [9.17, 15) is 5.11 Å². The van der Waals surface area contributed by atoms with Crippen molar-refractivity contribution in [1.29, 1.82) is 0 Å². The summed E-state index contributed by atoms with van der Waals surface area (Å²) in [5.41, 5.74) is 0.0760. The summed E-state index contributed by atoms with van der Waals surface area (Å²) in [6.07, 6.45) is 3.93. The SMILES string of the molecule is CC(C)C1CC2(CC(O)CCO2)C1. The van der Waals surface area contributed by atoms with Crippen LogP contribution in [0, 0.1) is 11.8 Å². The fourth-order valence-electron chi connectivity index (χ4n) is 2.65. The molecule has 1 heterocycles. The first kappa shape index (κ1) is 9.47. The van der Waals surface area contributed by atoms with E-state index in [0.29, 0.717) is 0 Å². The van der Waals surface area contributed by atoms with Gasteiger partial charge < -0.3 is 9.84 Å². The number of aliphatic hydroxyl groups is 1. The average Bonchev–Trinajstić information content (AvgIpc) is 1.99. The third kappa shape index (κ3) is 1.75. The molecule has 2 heteroatoms. The largest absolute Gasteiger partial charge is 0.393 e. The minimum atomic E-state index is -0.109. The predicted molar refractivity (Wildman–Crippen MR) is 51.5 cm³/mol. The fourth-order valence-corrected chi connectivity index (χ4v) is 2.65. The van der Waals surface area contributed by atoms with Crippen LogP contribution in [0.1, 0.15) is 39.5 Å². The quantitative estimate of drug-likeness (QED) is 0.675. The summed E-state index contributed by atoms with van der Waals surface area (Å²) in [5.74, 6) is 1.60. The molecule has 1 unspecified atom stereocenters. The van der Waals surface area contributed by atoms with E-state index in [1.54, 1.807) is 0 Å². The molecule has 1 aliphatic heterocycles. The highest BCUT2D eigenvalue weighted by Gasteiger charge is 2.48. The van der Waals surface area contributed by atoms with Crippen LogP contribution in [0.15, 0.2) is 0 Å². The van der Waals surface area contributed by atoms with Gasteiger partial charge in [0, 0.05) is 13.0 Å². The Morgan fingerprint density at radius 3 is 2.54 bits per heavy atom. The third-order valence-corrected chi connectivity index (χ3v) is 3.68. The topological polar surface area (TPSA) is 29.5 Å². The van der Waals surface area contributed by atoms with Crippen molar-refractivity contribution in [2.45, 2.75) is 51.2 Å². The van der Waals surface area contributed by atoms with E-state index in [0.717, 1.165) is 31.3 Å². The maximum absolute atomic E-state index is 9.55. The third-order valence-electron chi connectivity index (χ3n) is 3.68. The van der Waals surface area contributed by atoms with E-state index < -0.39 is 0 Å². The van der Waals surface area contributed by atoms with Crippen LogP contribution < -0.4 is 0 Å². The monoisotopic (exact) mass is 184 g/mol. The number of aliphatic hydroxyl groups excluding tert-OH is 1. The van der Waals surface area contributed by atoms with Crippen molar-refractivity contribution in [3.05, 3.63) is 0 Å². The van der Waals surface area contributed by atoms with Gasteiger partial charge in [-0.25, -0.2) is 0 Å². The highest BCUT2D eigenvalue weighted by molar-refractivity contribution is 4.99. The van der Waals surface area contributed by atoms with Gasteiger partial charge in [-0.3, -0.25) is 0 Å². The standard InChI is InChI=1S/C11H20O2/c1-8(2)9-5-11(6-9)7-10(12)3-4-13-11/h8-10,12H,3-7H2,1-2H3. The molecule has 2 fully saturated rings. The van der Waals surface area contributed by atoms with E-state index in [1.165, 1.54) is 12.8 Å². The molecule has 1 N–H and O–H groups in total. The van der Waals surface area contributed by atoms with Gasteiger partial charge in [-0.1, -0.05) is 13.8 Å². The van der Waals surface area contributed by atoms with Gasteiger partial charge in [0.25, 0.3) is 0 Å². The first-order valence-corrected chi connectivity index (χ1v) is 5.43. The Balaban J connectivity index is 1.88. The number of ether oxygens (including phenoxy) is 1. The Kier molecular flexibility index (Phi) is 2.37. The van der Waals surface area contributed by atoms with Gasteiger partial charge >= 0.3 is 0 Å². The summed E-state index contributed by atoms with van der Waals surface area (Å²) >= 11 is 0. The Bertz CT molecular complexity index is 183. The molecular weight excluding hydrogens is 164 g/mol. The lowest BCUT2D eigenvalue weighted by Gasteiger charge is -2.52. The zero-order valence-corrected chi connectivity index (χ0v) is 8.62. The van der Waals surface area contributed by atoms with Crippen LogP contribution in [-0.4, -0.2) is 23.4 Å². The molecule has 0 radical (unpaired) electrons. The van der Waals surface area contributed by atoms with Gasteiger partial charge in [0.15, 0.2) is 0 Å². The van der Waals surface area contributed by atoms with Crippen LogP contribution in [0.3, 0.4) is 0 Å². The maximum Gasteiger partial charge on any atom is 0.0712 e. The first-order valence-electron chi connectivity index (χ1n) is 5.43. The molecule has 1 spiro atoms. The number of hydrogen-bond acceptors (Lipinski definition) is 2. The molecule has 1 aliphatic carbocycles. The molecule has 0 aromatic carbocycles. The molecule has 2 rings (SSSR count). The fraction of sp³-hybridized carbons (Fsp3) is 1.00. The number of rotatable bonds is 1. The minimum absolute atomic E-state index is 0.0760. The lowest BCUT2D eigenvalue weighted by Crippen LogP contribution is -2.52. The van der Waals surface area contributed by atoms with Crippen molar-refractivity contribution >= 4 is 0 Å². The molecule has 0 amide bonds. The average molecular weight is 184 g/mol. The van der Waals surface area contributed by atoms with Crippen LogP contribution in [0.2, 0.25) is 0 Å². The Morgan fingerprint density at radius 1 is 1.31 bits per heavy atom. The van der Waals surface area contributed by atoms with Gasteiger partial charge in [0.2, 0.25) is 0 Å². The van der Waals surface area contributed by atoms with E-state index >= 15 is 0 Å². The molecule has 0 aromatic heterocycles. The Hall–Kier alpha value is -0.0800. The lowest BCUT2D eigenvalue weighted by atomic mass is 9.63. The van der Waals surface area contributed by atoms with Gasteiger partial charge in [-0.05, 0) is 31.1 Å². The summed E-state index contributed by atoms with van der Waals surface area (Å²) in [4.78, 5) is 0. The molecular formula is C11H20O2. The van der Waals surface area contributed by atoms with E-state index in [-0.39, 0.29) is 11.7 Å². The molecule has 0 aromatic rings. The number of hydrogen-bond donors (Lipinski definition) is 1. The van der Waals surface area contributed by atoms with Crippen molar-refractivity contribution in [3.8, 4) is 0 Å². The summed E-state index contributed by atoms with van der Waals surface area (Å²) in [7, 11) is 0. The summed E-state index contributed by atoms with van der Waals surface area (Å²) < 4.78 is 5.79. The molecule has 0 bridgehead atoms. The highest BCUT2D eigenvalue weighted by atomic mass is 16.5. The molecule has 13 heavy (non-hydrogen) atoms. The summed E-state index contributed by atoms with van der Waals surface area (Å²) in [6, 6.07) is 0. The van der Waals surface area contributed by atoms with Crippen LogP contribution >= 0.6 is 0 Å². The Labute approximate surface area is 80.3 Å². The van der Waals surface area contributed by atoms with E-state index in [1.807, 2.05) is 0 Å². The van der Waals surface area contributed by atoms with Gasteiger partial charge in [-0.2, -0.15) is 0 Å². The molecule has 1 saturated carbocycles. The lowest BCUT2D eigenvalue weighted by molar-refractivity contribution is -0.186. The predicted octanol–water partition coefficient (Wildman–Crippen LogP) is 1.96. The second-order valence-electron chi connectivity index (χ2n) is 5.09. The summed E-state index contributed by atoms with van der Waals surface area (Å²) in [6.45, 7) is 5.31. The van der Waals surface area contributed by atoms with Crippen molar-refractivity contribution < 1.29 is 9.84 Å². The first-order chi connectivity index (χ1) is 6.11. The van der Waals surface area contributed by atoms with Crippen molar-refractivity contribution in [2.75, 3.05) is 6.61 Å². The maximum atomic E-state index is 9.55. The van der Waals surface area contributed by atoms with E-state index in [4.69, 9.17) is 4.74 Å². The zero-order valence-electron chi connectivity index (χ0n) is 8.62. The molecule has 76 valence electrons. The molecule has 1 atom stereocenters. The molecule has 1 saturated heterocycles. The second kappa shape index (κ2) is 3.25. The van der Waals surface area contributed by atoms with Crippen molar-refractivity contribution in [2.24, 2.45) is 11.8 Å².